The summed E-state index contributed by atoms with van der Waals surface area (Å²) in [5.41, 5.74) is 1.83. The zero-order valence-corrected chi connectivity index (χ0v) is 16.6. The molecule has 26 heavy (non-hydrogen) atoms. The molecular weight excluding hydrogens is 393 g/mol. The number of amides is 1. The SMILES string of the molecule is C[C@H](NC(=O)CSCc1c(Cl)cccc1Cl)c1ccc2c(c1)OCCO2. The minimum atomic E-state index is -0.122. The summed E-state index contributed by atoms with van der Waals surface area (Å²) in [4.78, 5) is 12.2. The largest absolute Gasteiger partial charge is 0.486 e. The number of ether oxygens (including phenoxy) is 2. The molecule has 1 N–H and O–H groups in total. The van der Waals surface area contributed by atoms with E-state index in [2.05, 4.69) is 5.32 Å². The van der Waals surface area contributed by atoms with E-state index in [0.717, 1.165) is 22.6 Å². The molecular formula is C19H19Cl2NO3S. The summed E-state index contributed by atoms with van der Waals surface area (Å²) >= 11 is 13.8. The number of halogens is 2. The lowest BCUT2D eigenvalue weighted by Crippen LogP contribution is -2.28. The molecule has 0 saturated carbocycles. The second-order valence-electron chi connectivity index (χ2n) is 5.89. The Labute approximate surface area is 167 Å². The highest BCUT2D eigenvalue weighted by Gasteiger charge is 2.16. The van der Waals surface area contributed by atoms with Gasteiger partial charge >= 0.3 is 0 Å². The molecule has 1 aliphatic rings. The summed E-state index contributed by atoms with van der Waals surface area (Å²) in [6.45, 7) is 3.04. The number of carbonyl (C=O) groups is 1. The zero-order chi connectivity index (χ0) is 18.5. The van der Waals surface area contributed by atoms with E-state index in [0.29, 0.717) is 34.8 Å². The van der Waals surface area contributed by atoms with Crippen LogP contribution in [0.25, 0.3) is 0 Å². The molecule has 1 atom stereocenters. The molecule has 0 saturated heterocycles. The number of fused-ring (bicyclic) bond motifs is 1. The molecule has 0 fully saturated rings. The summed E-state index contributed by atoms with van der Waals surface area (Å²) in [7, 11) is 0. The smallest absolute Gasteiger partial charge is 0.230 e. The summed E-state index contributed by atoms with van der Waals surface area (Å²) in [6.07, 6.45) is 0. The molecule has 0 radical (unpaired) electrons. The maximum Gasteiger partial charge on any atom is 0.230 e. The molecule has 0 unspecified atom stereocenters. The molecule has 1 heterocycles. The normalized spacial score (nSPS) is 14.0. The highest BCUT2D eigenvalue weighted by molar-refractivity contribution is 7.99. The van der Waals surface area contributed by atoms with Crippen molar-refractivity contribution in [3.05, 3.63) is 57.6 Å². The third-order valence-corrected chi connectivity index (χ3v) is 5.65. The lowest BCUT2D eigenvalue weighted by molar-refractivity contribution is -0.119. The molecule has 0 aliphatic carbocycles. The monoisotopic (exact) mass is 411 g/mol. The van der Waals surface area contributed by atoms with Crippen LogP contribution in [-0.2, 0) is 10.5 Å². The van der Waals surface area contributed by atoms with Gasteiger partial charge in [-0.05, 0) is 42.3 Å². The lowest BCUT2D eigenvalue weighted by Gasteiger charge is -2.21. The maximum absolute atomic E-state index is 12.2. The number of benzene rings is 2. The van der Waals surface area contributed by atoms with Crippen molar-refractivity contribution in [3.63, 3.8) is 0 Å². The average Bonchev–Trinajstić information content (AvgIpc) is 2.63. The first kappa shape index (κ1) is 19.2. The molecule has 4 nitrogen and oxygen atoms in total. The van der Waals surface area contributed by atoms with E-state index in [1.165, 1.54) is 11.8 Å². The highest BCUT2D eigenvalue weighted by atomic mass is 35.5. The molecule has 2 aromatic rings. The van der Waals surface area contributed by atoms with Crippen LogP contribution in [0.1, 0.15) is 24.1 Å². The van der Waals surface area contributed by atoms with Crippen LogP contribution in [0, 0.1) is 0 Å². The number of thioether (sulfide) groups is 1. The Bertz CT molecular complexity index is 780. The van der Waals surface area contributed by atoms with E-state index in [-0.39, 0.29) is 11.9 Å². The van der Waals surface area contributed by atoms with Gasteiger partial charge in [0, 0.05) is 15.8 Å². The fraction of sp³-hybridized carbons (Fsp3) is 0.316. The first-order valence-corrected chi connectivity index (χ1v) is 10.1. The second-order valence-corrected chi connectivity index (χ2v) is 7.69. The van der Waals surface area contributed by atoms with E-state index in [4.69, 9.17) is 32.7 Å². The number of hydrogen-bond donors (Lipinski definition) is 1. The zero-order valence-electron chi connectivity index (χ0n) is 14.3. The van der Waals surface area contributed by atoms with Crippen molar-refractivity contribution >= 4 is 40.9 Å². The number of rotatable bonds is 6. The first-order valence-electron chi connectivity index (χ1n) is 8.24. The summed E-state index contributed by atoms with van der Waals surface area (Å²) in [5.74, 6) is 2.34. The predicted octanol–water partition coefficient (Wildman–Crippen LogP) is 4.88. The van der Waals surface area contributed by atoms with Crippen molar-refractivity contribution in [2.45, 2.75) is 18.7 Å². The fourth-order valence-corrected chi connectivity index (χ4v) is 4.19. The number of nitrogens with one attached hydrogen (secondary N) is 1. The van der Waals surface area contributed by atoms with Crippen LogP contribution in [0.5, 0.6) is 11.5 Å². The van der Waals surface area contributed by atoms with Crippen molar-refractivity contribution in [1.82, 2.24) is 5.32 Å². The lowest BCUT2D eigenvalue weighted by atomic mass is 10.1. The fourth-order valence-electron chi connectivity index (χ4n) is 2.61. The van der Waals surface area contributed by atoms with Crippen LogP contribution in [-0.4, -0.2) is 24.9 Å². The maximum atomic E-state index is 12.2. The Morgan fingerprint density at radius 1 is 1.15 bits per heavy atom. The summed E-state index contributed by atoms with van der Waals surface area (Å²) in [6, 6.07) is 11.0. The van der Waals surface area contributed by atoms with Crippen molar-refractivity contribution in [1.29, 1.82) is 0 Å². The average molecular weight is 412 g/mol. The minimum Gasteiger partial charge on any atom is -0.486 e. The van der Waals surface area contributed by atoms with Crippen LogP contribution >= 0.6 is 35.0 Å². The molecule has 0 bridgehead atoms. The van der Waals surface area contributed by atoms with Crippen LogP contribution in [0.15, 0.2) is 36.4 Å². The predicted molar refractivity (Wildman–Crippen MR) is 107 cm³/mol. The van der Waals surface area contributed by atoms with E-state index in [1.807, 2.05) is 25.1 Å². The van der Waals surface area contributed by atoms with Gasteiger partial charge in [0.2, 0.25) is 5.91 Å². The van der Waals surface area contributed by atoms with Crippen molar-refractivity contribution in [2.75, 3.05) is 19.0 Å². The van der Waals surface area contributed by atoms with E-state index in [1.54, 1.807) is 18.2 Å². The Balaban J connectivity index is 1.51. The Morgan fingerprint density at radius 3 is 2.58 bits per heavy atom. The van der Waals surface area contributed by atoms with Crippen molar-refractivity contribution in [3.8, 4) is 11.5 Å². The minimum absolute atomic E-state index is 0.0411. The van der Waals surface area contributed by atoms with Crippen LogP contribution < -0.4 is 14.8 Å². The molecule has 0 spiro atoms. The third-order valence-electron chi connectivity index (χ3n) is 3.98. The van der Waals surface area contributed by atoms with Gasteiger partial charge in [-0.1, -0.05) is 35.3 Å². The van der Waals surface area contributed by atoms with Gasteiger partial charge in [-0.25, -0.2) is 0 Å². The Morgan fingerprint density at radius 2 is 1.85 bits per heavy atom. The molecule has 138 valence electrons. The first-order chi connectivity index (χ1) is 12.5. The third kappa shape index (κ3) is 4.78. The molecule has 1 amide bonds. The van der Waals surface area contributed by atoms with Gasteiger partial charge in [-0.15, -0.1) is 11.8 Å². The molecule has 7 heteroatoms. The summed E-state index contributed by atoms with van der Waals surface area (Å²) in [5, 5.41) is 4.24. The molecule has 3 rings (SSSR count). The van der Waals surface area contributed by atoms with E-state index < -0.39 is 0 Å². The highest BCUT2D eigenvalue weighted by Crippen LogP contribution is 2.32. The van der Waals surface area contributed by atoms with Gasteiger partial charge in [0.05, 0.1) is 11.8 Å². The van der Waals surface area contributed by atoms with Gasteiger partial charge < -0.3 is 14.8 Å². The number of carbonyl (C=O) groups excluding carboxylic acids is 1. The quantitative estimate of drug-likeness (QED) is 0.735. The molecule has 1 aliphatic heterocycles. The molecule has 0 aromatic heterocycles. The van der Waals surface area contributed by atoms with Crippen LogP contribution in [0.4, 0.5) is 0 Å². The van der Waals surface area contributed by atoms with Gasteiger partial charge in [0.15, 0.2) is 11.5 Å². The molecule has 2 aromatic carbocycles. The van der Waals surface area contributed by atoms with Gasteiger partial charge in [0.25, 0.3) is 0 Å². The second kappa shape index (κ2) is 8.89. The van der Waals surface area contributed by atoms with Gasteiger partial charge in [0.1, 0.15) is 13.2 Å². The van der Waals surface area contributed by atoms with Gasteiger partial charge in [-0.2, -0.15) is 0 Å². The standard InChI is InChI=1S/C19H19Cl2NO3S/c1-12(13-5-6-17-18(9-13)25-8-7-24-17)22-19(23)11-26-10-14-15(20)3-2-4-16(14)21/h2-6,9,12H,7-8,10-11H2,1H3,(H,22,23)/t12-/m0/s1. The van der Waals surface area contributed by atoms with E-state index in [9.17, 15) is 4.79 Å². The van der Waals surface area contributed by atoms with E-state index >= 15 is 0 Å². The van der Waals surface area contributed by atoms with Crippen LogP contribution in [0.2, 0.25) is 10.0 Å². The Kier molecular flexibility index (Phi) is 6.57. The summed E-state index contributed by atoms with van der Waals surface area (Å²) < 4.78 is 11.1. The Hall–Kier alpha value is -1.56. The van der Waals surface area contributed by atoms with Crippen molar-refractivity contribution in [2.24, 2.45) is 0 Å². The van der Waals surface area contributed by atoms with Crippen LogP contribution in [0.3, 0.4) is 0 Å². The number of hydrogen-bond acceptors (Lipinski definition) is 4. The van der Waals surface area contributed by atoms with Crippen molar-refractivity contribution < 1.29 is 14.3 Å². The van der Waals surface area contributed by atoms with Gasteiger partial charge in [-0.3, -0.25) is 4.79 Å². The topological polar surface area (TPSA) is 47.6 Å².